The van der Waals surface area contributed by atoms with Crippen molar-refractivity contribution in [3.05, 3.63) is 35.5 Å². The van der Waals surface area contributed by atoms with Gasteiger partial charge in [-0.3, -0.25) is 0 Å². The molecule has 142 valence electrons. The van der Waals surface area contributed by atoms with E-state index in [0.29, 0.717) is 11.9 Å². The molecule has 1 fully saturated rings. The fourth-order valence-electron chi connectivity index (χ4n) is 2.47. The van der Waals surface area contributed by atoms with E-state index < -0.39 is 45.4 Å². The Bertz CT molecular complexity index is 823. The standard InChI is InChI=1S/C14H12F4N5.C3H5.Sn/c15-5-6-20-12-10(14(16,17)18)8-21-13(23-12)22-11-4-2-1-3-9(11)7-19;1-2-3-1;/h1-2,4,7-8,19H,5-6H2,(H2,20,21,22,23);1H,2-3H2;. The number of rotatable bonds is 8. The van der Waals surface area contributed by atoms with Gasteiger partial charge in [0.15, 0.2) is 0 Å². The summed E-state index contributed by atoms with van der Waals surface area (Å²) < 4.78 is 53.6. The van der Waals surface area contributed by atoms with Crippen LogP contribution in [0.15, 0.2) is 24.4 Å². The minimum absolute atomic E-state index is 0.0403. The second-order valence-electron chi connectivity index (χ2n) is 6.02. The van der Waals surface area contributed by atoms with Gasteiger partial charge in [0, 0.05) is 0 Å². The van der Waals surface area contributed by atoms with Crippen molar-refractivity contribution in [2.75, 3.05) is 23.9 Å². The molecule has 3 rings (SSSR count). The maximum atomic E-state index is 13.1. The van der Waals surface area contributed by atoms with E-state index in [1.165, 1.54) is 22.6 Å². The molecule has 1 aromatic heterocycles. The van der Waals surface area contributed by atoms with Gasteiger partial charge in [0.05, 0.1) is 0 Å². The number of aromatic nitrogens is 2. The first-order chi connectivity index (χ1) is 12.9. The first kappa shape index (κ1) is 19.8. The molecule has 5 nitrogen and oxygen atoms in total. The van der Waals surface area contributed by atoms with Gasteiger partial charge >= 0.3 is 164 Å². The normalized spacial score (nSPS) is 14.1. The molecule has 3 N–H and O–H groups in total. The molecule has 0 aliphatic heterocycles. The van der Waals surface area contributed by atoms with Crippen LogP contribution >= 0.6 is 0 Å². The molecule has 1 aliphatic carbocycles. The zero-order valence-electron chi connectivity index (χ0n) is 14.2. The molecule has 10 heteroatoms. The van der Waals surface area contributed by atoms with E-state index >= 15 is 0 Å². The number of nitrogens with zero attached hydrogens (tertiary/aromatic N) is 2. The van der Waals surface area contributed by atoms with Crippen molar-refractivity contribution in [2.45, 2.75) is 23.0 Å². The summed E-state index contributed by atoms with van der Waals surface area (Å²) in [6.45, 7) is -1.11. The molecule has 2 radical (unpaired) electrons. The zero-order chi connectivity index (χ0) is 19.4. The Hall–Kier alpha value is -1.91. The summed E-state index contributed by atoms with van der Waals surface area (Å²) >= 11 is -0.798. The fraction of sp³-hybridized carbons (Fsp3) is 0.353. The number of hydrogen-bond acceptors (Lipinski definition) is 5. The predicted molar refractivity (Wildman–Crippen MR) is 97.5 cm³/mol. The molecule has 1 aromatic carbocycles. The van der Waals surface area contributed by atoms with Gasteiger partial charge in [-0.15, -0.1) is 0 Å². The van der Waals surface area contributed by atoms with Crippen LogP contribution in [0.1, 0.15) is 24.0 Å². The van der Waals surface area contributed by atoms with Gasteiger partial charge in [-0.05, 0) is 0 Å². The molecule has 0 spiro atoms. The third-order valence-corrected chi connectivity index (χ3v) is 8.86. The second kappa shape index (κ2) is 8.40. The first-order valence-electron chi connectivity index (χ1n) is 8.33. The van der Waals surface area contributed by atoms with Gasteiger partial charge < -0.3 is 0 Å². The van der Waals surface area contributed by atoms with Crippen molar-refractivity contribution < 1.29 is 17.6 Å². The fourth-order valence-corrected chi connectivity index (χ4v) is 6.61. The molecule has 1 aliphatic rings. The Labute approximate surface area is 163 Å². The summed E-state index contributed by atoms with van der Waals surface area (Å²) in [5, 5.41) is 13.0. The molecule has 2 aromatic rings. The van der Waals surface area contributed by atoms with Crippen molar-refractivity contribution >= 4 is 48.4 Å². The molecular weight excluding hydrogens is 469 g/mol. The van der Waals surface area contributed by atoms with Crippen LogP contribution in [0.4, 0.5) is 35.0 Å². The van der Waals surface area contributed by atoms with Crippen LogP contribution in [0, 0.1) is 5.41 Å². The van der Waals surface area contributed by atoms with Crippen molar-refractivity contribution in [1.29, 1.82) is 5.41 Å². The van der Waals surface area contributed by atoms with Crippen LogP contribution in [0.25, 0.3) is 0 Å². The summed E-state index contributed by atoms with van der Waals surface area (Å²) in [5.74, 6) is -0.513. The van der Waals surface area contributed by atoms with E-state index in [2.05, 4.69) is 20.6 Å². The van der Waals surface area contributed by atoms with Gasteiger partial charge in [-0.25, -0.2) is 0 Å². The van der Waals surface area contributed by atoms with E-state index in [4.69, 9.17) is 5.41 Å². The van der Waals surface area contributed by atoms with Crippen LogP contribution in [-0.4, -0.2) is 50.5 Å². The van der Waals surface area contributed by atoms with Crippen LogP contribution < -0.4 is 14.2 Å². The van der Waals surface area contributed by atoms with E-state index in [0.717, 1.165) is 9.50 Å². The number of hydrogen-bond donors (Lipinski definition) is 3. The van der Waals surface area contributed by atoms with Gasteiger partial charge in [-0.1, -0.05) is 0 Å². The Morgan fingerprint density at radius 1 is 1.30 bits per heavy atom. The van der Waals surface area contributed by atoms with Crippen LogP contribution in [0.2, 0.25) is 3.93 Å². The molecule has 27 heavy (non-hydrogen) atoms. The number of halogens is 4. The summed E-state index contributed by atoms with van der Waals surface area (Å²) in [5.41, 5.74) is 0.267. The molecular formula is C17H17F4N5Sn. The van der Waals surface area contributed by atoms with Crippen LogP contribution in [0.5, 0.6) is 0 Å². The molecule has 1 saturated carbocycles. The molecule has 0 saturated heterocycles. The summed E-state index contributed by atoms with van der Waals surface area (Å²) in [7, 11) is 0. The molecule has 0 bridgehead atoms. The Morgan fingerprint density at radius 3 is 2.70 bits per heavy atom. The van der Waals surface area contributed by atoms with Crippen molar-refractivity contribution in [2.24, 2.45) is 0 Å². The predicted octanol–water partition coefficient (Wildman–Crippen LogP) is 3.53. The quantitative estimate of drug-likeness (QED) is 0.304. The van der Waals surface area contributed by atoms with Gasteiger partial charge in [0.2, 0.25) is 0 Å². The monoisotopic (exact) mass is 487 g/mol. The number of benzene rings is 1. The molecule has 0 amide bonds. The van der Waals surface area contributed by atoms with Crippen LogP contribution in [0.3, 0.4) is 0 Å². The Balaban J connectivity index is 1.89. The molecule has 1 heterocycles. The number of anilines is 3. The summed E-state index contributed by atoms with van der Waals surface area (Å²) in [6.07, 6.45) is -0.230. The third-order valence-electron chi connectivity index (χ3n) is 3.92. The molecule has 0 unspecified atom stereocenters. The maximum absolute atomic E-state index is 13.1. The SMILES string of the molecule is N=Cc1c(Nc2ncc(C(F)(F)F)c(NCCF)n2)ccc[c]1[Sn][CH]1CC1. The van der Waals surface area contributed by atoms with Crippen molar-refractivity contribution in [1.82, 2.24) is 9.97 Å². The average molecular weight is 486 g/mol. The zero-order valence-corrected chi connectivity index (χ0v) is 17.1. The average Bonchev–Trinajstić information content (AvgIpc) is 3.43. The third kappa shape index (κ3) is 5.08. The van der Waals surface area contributed by atoms with Crippen molar-refractivity contribution in [3.8, 4) is 0 Å². The van der Waals surface area contributed by atoms with E-state index in [1.807, 2.05) is 12.1 Å². The second-order valence-corrected chi connectivity index (χ2v) is 10.7. The minimum atomic E-state index is -4.64. The first-order valence-corrected chi connectivity index (χ1v) is 11.4. The van der Waals surface area contributed by atoms with Gasteiger partial charge in [0.25, 0.3) is 0 Å². The summed E-state index contributed by atoms with van der Waals surface area (Å²) in [6, 6.07) is 5.62. The Morgan fingerprint density at radius 2 is 2.07 bits per heavy atom. The number of nitrogens with one attached hydrogen (secondary N) is 3. The number of alkyl halides is 4. The summed E-state index contributed by atoms with van der Waals surface area (Å²) in [4.78, 5) is 7.62. The van der Waals surface area contributed by atoms with E-state index in [1.54, 1.807) is 6.07 Å². The van der Waals surface area contributed by atoms with E-state index in [-0.39, 0.29) is 12.5 Å². The van der Waals surface area contributed by atoms with Crippen LogP contribution in [-0.2, 0) is 6.18 Å². The van der Waals surface area contributed by atoms with E-state index in [9.17, 15) is 17.6 Å². The Kier molecular flexibility index (Phi) is 6.18. The topological polar surface area (TPSA) is 73.7 Å². The van der Waals surface area contributed by atoms with Gasteiger partial charge in [-0.2, -0.15) is 0 Å². The molecule has 0 atom stereocenters. The van der Waals surface area contributed by atoms with Crippen molar-refractivity contribution in [3.63, 3.8) is 0 Å². The van der Waals surface area contributed by atoms with Gasteiger partial charge in [0.1, 0.15) is 0 Å².